The highest BCUT2D eigenvalue weighted by Crippen LogP contribution is 2.23. The van der Waals surface area contributed by atoms with Crippen molar-refractivity contribution in [3.8, 4) is 0 Å². The van der Waals surface area contributed by atoms with Crippen LogP contribution in [0, 0.1) is 5.92 Å². The summed E-state index contributed by atoms with van der Waals surface area (Å²) in [5.74, 6) is 0.0899. The third-order valence-corrected chi connectivity index (χ3v) is 2.01. The van der Waals surface area contributed by atoms with Crippen LogP contribution in [0.5, 0.6) is 0 Å². The summed E-state index contributed by atoms with van der Waals surface area (Å²) in [5.41, 5.74) is 1.28. The number of hydrogen-bond donors (Lipinski definition) is 1. The lowest BCUT2D eigenvalue weighted by Crippen LogP contribution is -2.16. The fourth-order valence-corrected chi connectivity index (χ4v) is 1.28. The SMILES string of the molecule is CC1=CC(C)C(=O)C(C)=C1O. The smallest absolute Gasteiger partial charge is 0.168 e. The minimum atomic E-state index is -0.0779. The van der Waals surface area contributed by atoms with Gasteiger partial charge in [0.05, 0.1) is 0 Å². The van der Waals surface area contributed by atoms with Crippen LogP contribution in [0.25, 0.3) is 0 Å². The van der Waals surface area contributed by atoms with Crippen LogP contribution >= 0.6 is 0 Å². The quantitative estimate of drug-likeness (QED) is 0.576. The van der Waals surface area contributed by atoms with Crippen molar-refractivity contribution in [3.05, 3.63) is 23.0 Å². The zero-order valence-electron chi connectivity index (χ0n) is 7.01. The Bertz CT molecular complexity index is 259. The highest BCUT2D eigenvalue weighted by molar-refractivity contribution is 5.99. The molecule has 0 amide bonds. The van der Waals surface area contributed by atoms with E-state index < -0.39 is 0 Å². The largest absolute Gasteiger partial charge is 0.507 e. The first-order chi connectivity index (χ1) is 5.04. The molecular weight excluding hydrogens is 140 g/mol. The molecule has 1 rings (SSSR count). The Hall–Kier alpha value is -1.05. The van der Waals surface area contributed by atoms with Crippen molar-refractivity contribution in [1.29, 1.82) is 0 Å². The highest BCUT2D eigenvalue weighted by Gasteiger charge is 2.21. The van der Waals surface area contributed by atoms with Crippen LogP contribution < -0.4 is 0 Å². The van der Waals surface area contributed by atoms with Crippen LogP contribution in [0.1, 0.15) is 20.8 Å². The number of carbonyl (C=O) groups excluding carboxylic acids is 1. The predicted octanol–water partition coefficient (Wildman–Crippen LogP) is 1.98. The second-order valence-electron chi connectivity index (χ2n) is 2.98. The lowest BCUT2D eigenvalue weighted by molar-refractivity contribution is -0.117. The molecule has 60 valence electrons. The lowest BCUT2D eigenvalue weighted by atomic mass is 9.90. The van der Waals surface area contributed by atoms with Gasteiger partial charge in [0.15, 0.2) is 5.78 Å². The van der Waals surface area contributed by atoms with Gasteiger partial charge >= 0.3 is 0 Å². The molecule has 0 saturated heterocycles. The standard InChI is InChI=1S/C9H12O2/c1-5-4-6(2)9(11)7(3)8(5)10/h4-5,11H,1-3H3. The highest BCUT2D eigenvalue weighted by atomic mass is 16.3. The molecular formula is C9H12O2. The molecule has 0 fully saturated rings. The number of hydrogen-bond acceptors (Lipinski definition) is 2. The molecule has 2 nitrogen and oxygen atoms in total. The molecule has 0 radical (unpaired) electrons. The van der Waals surface area contributed by atoms with E-state index in [9.17, 15) is 9.90 Å². The Labute approximate surface area is 66.2 Å². The summed E-state index contributed by atoms with van der Waals surface area (Å²) >= 11 is 0. The van der Waals surface area contributed by atoms with E-state index in [0.29, 0.717) is 5.57 Å². The van der Waals surface area contributed by atoms with Crippen LogP contribution in [0.3, 0.4) is 0 Å². The molecule has 0 aromatic heterocycles. The summed E-state index contributed by atoms with van der Waals surface area (Å²) < 4.78 is 0. The van der Waals surface area contributed by atoms with Gasteiger partial charge in [-0.2, -0.15) is 0 Å². The average Bonchev–Trinajstić information content (AvgIpc) is 1.97. The molecule has 1 atom stereocenters. The van der Waals surface area contributed by atoms with Gasteiger partial charge in [-0.15, -0.1) is 0 Å². The van der Waals surface area contributed by atoms with Crippen molar-refractivity contribution >= 4 is 5.78 Å². The monoisotopic (exact) mass is 152 g/mol. The maximum atomic E-state index is 11.2. The van der Waals surface area contributed by atoms with Crippen LogP contribution in [-0.2, 0) is 4.79 Å². The molecule has 1 unspecified atom stereocenters. The van der Waals surface area contributed by atoms with Crippen molar-refractivity contribution in [1.82, 2.24) is 0 Å². The van der Waals surface area contributed by atoms with E-state index in [1.54, 1.807) is 13.0 Å². The average molecular weight is 152 g/mol. The Morgan fingerprint density at radius 1 is 1.45 bits per heavy atom. The first kappa shape index (κ1) is 8.05. The number of Topliss-reactive ketones (excluding diaryl/α,β-unsaturated/α-hetero) is 1. The van der Waals surface area contributed by atoms with Crippen LogP contribution in [0.4, 0.5) is 0 Å². The molecule has 2 heteroatoms. The Morgan fingerprint density at radius 2 is 2.00 bits per heavy atom. The van der Waals surface area contributed by atoms with E-state index in [1.165, 1.54) is 0 Å². The topological polar surface area (TPSA) is 37.3 Å². The molecule has 0 spiro atoms. The molecule has 0 bridgehead atoms. The molecule has 0 heterocycles. The van der Waals surface area contributed by atoms with Gasteiger partial charge in [0.2, 0.25) is 0 Å². The van der Waals surface area contributed by atoms with Crippen molar-refractivity contribution < 1.29 is 9.90 Å². The first-order valence-corrected chi connectivity index (χ1v) is 3.67. The van der Waals surface area contributed by atoms with E-state index >= 15 is 0 Å². The van der Waals surface area contributed by atoms with Gasteiger partial charge in [0.1, 0.15) is 5.76 Å². The van der Waals surface area contributed by atoms with Crippen LogP contribution in [0.2, 0.25) is 0 Å². The summed E-state index contributed by atoms with van der Waals surface area (Å²) in [5, 5.41) is 9.32. The summed E-state index contributed by atoms with van der Waals surface area (Å²) in [7, 11) is 0. The van der Waals surface area contributed by atoms with Crippen LogP contribution in [-0.4, -0.2) is 10.9 Å². The summed E-state index contributed by atoms with van der Waals surface area (Å²) in [6.45, 7) is 5.30. The number of allylic oxidation sites excluding steroid dienone is 3. The van der Waals surface area contributed by atoms with Gasteiger partial charge in [0.25, 0.3) is 0 Å². The van der Waals surface area contributed by atoms with E-state index in [4.69, 9.17) is 0 Å². The first-order valence-electron chi connectivity index (χ1n) is 3.67. The fourth-order valence-electron chi connectivity index (χ4n) is 1.28. The molecule has 0 aliphatic heterocycles. The number of carbonyl (C=O) groups is 1. The number of rotatable bonds is 0. The normalized spacial score (nSPS) is 25.5. The van der Waals surface area contributed by atoms with Crippen molar-refractivity contribution in [3.63, 3.8) is 0 Å². The minimum Gasteiger partial charge on any atom is -0.507 e. The summed E-state index contributed by atoms with van der Waals surface area (Å²) in [6, 6.07) is 0. The fraction of sp³-hybridized carbons (Fsp3) is 0.444. The molecule has 1 aliphatic carbocycles. The van der Waals surface area contributed by atoms with Gasteiger partial charge in [-0.25, -0.2) is 0 Å². The predicted molar refractivity (Wildman–Crippen MR) is 43.3 cm³/mol. The van der Waals surface area contributed by atoms with E-state index in [1.807, 2.05) is 13.8 Å². The van der Waals surface area contributed by atoms with Crippen molar-refractivity contribution in [2.24, 2.45) is 5.92 Å². The molecule has 0 saturated carbocycles. The molecule has 1 N–H and O–H groups in total. The van der Waals surface area contributed by atoms with Crippen molar-refractivity contribution in [2.75, 3.05) is 0 Å². The van der Waals surface area contributed by atoms with E-state index in [2.05, 4.69) is 0 Å². The summed E-state index contributed by atoms with van der Waals surface area (Å²) in [4.78, 5) is 11.2. The third kappa shape index (κ3) is 1.20. The van der Waals surface area contributed by atoms with Gasteiger partial charge in [-0.3, -0.25) is 4.79 Å². The number of aliphatic hydroxyl groups is 1. The zero-order valence-corrected chi connectivity index (χ0v) is 7.01. The second kappa shape index (κ2) is 2.53. The zero-order chi connectivity index (χ0) is 8.59. The number of aliphatic hydroxyl groups excluding tert-OH is 1. The molecule has 1 aliphatic rings. The third-order valence-electron chi connectivity index (χ3n) is 2.01. The van der Waals surface area contributed by atoms with E-state index in [0.717, 1.165) is 5.57 Å². The second-order valence-corrected chi connectivity index (χ2v) is 2.98. The maximum absolute atomic E-state index is 11.2. The van der Waals surface area contributed by atoms with E-state index in [-0.39, 0.29) is 17.5 Å². The van der Waals surface area contributed by atoms with Crippen molar-refractivity contribution in [2.45, 2.75) is 20.8 Å². The van der Waals surface area contributed by atoms with Crippen LogP contribution in [0.15, 0.2) is 23.0 Å². The maximum Gasteiger partial charge on any atom is 0.168 e. The Kier molecular flexibility index (Phi) is 1.85. The molecule has 0 aromatic carbocycles. The minimum absolute atomic E-state index is 0.0214. The molecule has 0 aromatic rings. The Morgan fingerprint density at radius 3 is 2.55 bits per heavy atom. The molecule has 11 heavy (non-hydrogen) atoms. The number of ketones is 1. The van der Waals surface area contributed by atoms with Gasteiger partial charge in [-0.05, 0) is 19.4 Å². The van der Waals surface area contributed by atoms with Gasteiger partial charge in [0, 0.05) is 11.5 Å². The Balaban J connectivity index is 3.12. The lowest BCUT2D eigenvalue weighted by Gasteiger charge is -2.15. The summed E-state index contributed by atoms with van der Waals surface area (Å²) in [6.07, 6.45) is 1.78. The van der Waals surface area contributed by atoms with Gasteiger partial charge in [-0.1, -0.05) is 13.0 Å². The van der Waals surface area contributed by atoms with Gasteiger partial charge < -0.3 is 5.11 Å².